The molecule has 0 aromatic rings. The number of carboxylic acid groups (broad SMARTS) is 3. The van der Waals surface area contributed by atoms with E-state index in [1.54, 1.807) is 0 Å². The van der Waals surface area contributed by atoms with Crippen LogP contribution in [0.2, 0.25) is 0 Å². The van der Waals surface area contributed by atoms with Gasteiger partial charge >= 0.3 is 17.9 Å². The summed E-state index contributed by atoms with van der Waals surface area (Å²) >= 11 is 0. The third kappa shape index (κ3) is 18.1. The lowest BCUT2D eigenvalue weighted by molar-refractivity contribution is -0.153. The molecular formula is C26H45NO7. The van der Waals surface area contributed by atoms with E-state index in [-0.39, 0.29) is 6.54 Å². The van der Waals surface area contributed by atoms with Gasteiger partial charge in [0.25, 0.3) is 0 Å². The highest BCUT2D eigenvalue weighted by molar-refractivity contribution is 5.96. The maximum absolute atomic E-state index is 12.3. The molecule has 3 N–H and O–H groups in total. The topological polar surface area (TPSA) is 132 Å². The minimum atomic E-state index is -1.53. The predicted molar refractivity (Wildman–Crippen MR) is 132 cm³/mol. The molecule has 0 unspecified atom stereocenters. The quantitative estimate of drug-likeness (QED) is 0.126. The van der Waals surface area contributed by atoms with Crippen molar-refractivity contribution in [2.75, 3.05) is 6.54 Å². The molecule has 0 saturated heterocycles. The van der Waals surface area contributed by atoms with Crippen molar-refractivity contribution in [3.8, 4) is 0 Å². The van der Waals surface area contributed by atoms with Crippen molar-refractivity contribution < 1.29 is 34.5 Å². The minimum Gasteiger partial charge on any atom is -0.481 e. The zero-order chi connectivity index (χ0) is 25.6. The summed E-state index contributed by atoms with van der Waals surface area (Å²) in [5, 5.41) is 27.0. The molecule has 0 heterocycles. The van der Waals surface area contributed by atoms with Gasteiger partial charge in [0.05, 0.1) is 6.42 Å². The van der Waals surface area contributed by atoms with Gasteiger partial charge in [-0.05, 0) is 6.42 Å². The van der Waals surface area contributed by atoms with E-state index in [9.17, 15) is 24.3 Å². The molecule has 0 fully saturated rings. The van der Waals surface area contributed by atoms with Gasteiger partial charge in [-0.15, -0.1) is 0 Å². The van der Waals surface area contributed by atoms with Crippen LogP contribution in [-0.4, -0.2) is 56.6 Å². The Morgan fingerprint density at radius 3 is 1.41 bits per heavy atom. The molecule has 0 aromatic carbocycles. The second-order valence-electron chi connectivity index (χ2n) is 8.96. The van der Waals surface area contributed by atoms with Gasteiger partial charge in [-0.2, -0.15) is 0 Å². The number of nitrogens with zero attached hydrogens (tertiary/aromatic N) is 1. The van der Waals surface area contributed by atoms with Crippen LogP contribution in [0.4, 0.5) is 0 Å². The normalized spacial score (nSPS) is 12.0. The summed E-state index contributed by atoms with van der Waals surface area (Å²) in [4.78, 5) is 46.4. The van der Waals surface area contributed by atoms with Crippen LogP contribution in [0.5, 0.6) is 0 Å². The van der Waals surface area contributed by atoms with E-state index in [1.807, 2.05) is 0 Å². The average Bonchev–Trinajstić information content (AvgIpc) is 2.78. The Kier molecular flexibility index (Phi) is 19.7. The second kappa shape index (κ2) is 21.2. The van der Waals surface area contributed by atoms with Crippen molar-refractivity contribution >= 4 is 23.8 Å². The van der Waals surface area contributed by atoms with Gasteiger partial charge in [0.15, 0.2) is 0 Å². The van der Waals surface area contributed by atoms with Gasteiger partial charge in [0, 0.05) is 18.7 Å². The van der Waals surface area contributed by atoms with Gasteiger partial charge in [-0.25, -0.2) is 9.59 Å². The number of carbonyl (C=O) groups excluding carboxylic acids is 1. The fraction of sp³-hybridized carbons (Fsp3) is 0.769. The molecule has 0 spiro atoms. The molecule has 1 atom stereocenters. The lowest BCUT2D eigenvalue weighted by Crippen LogP contribution is -2.46. The molecule has 0 aromatic heterocycles. The van der Waals surface area contributed by atoms with Crippen molar-refractivity contribution in [1.29, 1.82) is 0 Å². The van der Waals surface area contributed by atoms with Crippen molar-refractivity contribution in [3.05, 3.63) is 12.2 Å². The van der Waals surface area contributed by atoms with Crippen LogP contribution in [0.1, 0.15) is 116 Å². The Morgan fingerprint density at radius 1 is 0.647 bits per heavy atom. The lowest BCUT2D eigenvalue weighted by atomic mass is 10.0. The van der Waals surface area contributed by atoms with Gasteiger partial charge in [0.1, 0.15) is 6.04 Å². The average molecular weight is 484 g/mol. The highest BCUT2D eigenvalue weighted by atomic mass is 16.4. The maximum atomic E-state index is 12.3. The first-order valence-corrected chi connectivity index (χ1v) is 13.0. The highest BCUT2D eigenvalue weighted by Gasteiger charge is 2.30. The van der Waals surface area contributed by atoms with Crippen LogP contribution in [0.15, 0.2) is 12.2 Å². The molecule has 8 heteroatoms. The van der Waals surface area contributed by atoms with Crippen molar-refractivity contribution in [1.82, 2.24) is 4.90 Å². The lowest BCUT2D eigenvalue weighted by Gasteiger charge is -2.27. The largest absolute Gasteiger partial charge is 0.481 e. The van der Waals surface area contributed by atoms with Crippen LogP contribution in [-0.2, 0) is 19.2 Å². The second-order valence-corrected chi connectivity index (χ2v) is 8.96. The SMILES string of the molecule is CCCCCCCCCCCCCCCCCCN(C(=O)C=CC(=O)O)[C@@H](CC(=O)O)C(=O)O. The van der Waals surface area contributed by atoms with Crippen molar-refractivity contribution in [2.24, 2.45) is 0 Å². The summed E-state index contributed by atoms with van der Waals surface area (Å²) in [6.07, 6.45) is 19.7. The number of hydrogen-bond donors (Lipinski definition) is 3. The summed E-state index contributed by atoms with van der Waals surface area (Å²) in [5.74, 6) is -4.90. The number of hydrogen-bond acceptors (Lipinski definition) is 4. The molecule has 0 saturated carbocycles. The summed E-state index contributed by atoms with van der Waals surface area (Å²) < 4.78 is 0. The Bertz CT molecular complexity index is 618. The van der Waals surface area contributed by atoms with Crippen LogP contribution in [0.3, 0.4) is 0 Å². The smallest absolute Gasteiger partial charge is 0.328 e. The van der Waals surface area contributed by atoms with E-state index in [1.165, 1.54) is 70.6 Å². The summed E-state index contributed by atoms with van der Waals surface area (Å²) in [6, 6.07) is -1.53. The van der Waals surface area contributed by atoms with E-state index in [0.29, 0.717) is 12.5 Å². The number of unbranched alkanes of at least 4 members (excludes halogenated alkanes) is 15. The molecule has 8 nitrogen and oxygen atoms in total. The number of carboxylic acids is 3. The molecule has 0 rings (SSSR count). The Hall–Kier alpha value is -2.38. The van der Waals surface area contributed by atoms with Crippen LogP contribution in [0, 0.1) is 0 Å². The first-order chi connectivity index (χ1) is 16.3. The van der Waals surface area contributed by atoms with E-state index >= 15 is 0 Å². The number of rotatable bonds is 23. The van der Waals surface area contributed by atoms with E-state index in [2.05, 4.69) is 6.92 Å². The van der Waals surface area contributed by atoms with Gasteiger partial charge < -0.3 is 20.2 Å². The monoisotopic (exact) mass is 483 g/mol. The third-order valence-electron chi connectivity index (χ3n) is 5.93. The fourth-order valence-electron chi connectivity index (χ4n) is 3.98. The molecular weight excluding hydrogens is 438 g/mol. The molecule has 0 aliphatic rings. The van der Waals surface area contributed by atoms with E-state index < -0.39 is 36.3 Å². The van der Waals surface area contributed by atoms with Crippen LogP contribution >= 0.6 is 0 Å². The highest BCUT2D eigenvalue weighted by Crippen LogP contribution is 2.15. The molecule has 0 bridgehead atoms. The maximum Gasteiger partial charge on any atom is 0.328 e. The third-order valence-corrected chi connectivity index (χ3v) is 5.93. The van der Waals surface area contributed by atoms with Crippen molar-refractivity contribution in [2.45, 2.75) is 122 Å². The first-order valence-electron chi connectivity index (χ1n) is 13.0. The molecule has 1 amide bonds. The van der Waals surface area contributed by atoms with Crippen LogP contribution in [0.25, 0.3) is 0 Å². The number of carbonyl (C=O) groups is 4. The van der Waals surface area contributed by atoms with E-state index in [0.717, 1.165) is 36.7 Å². The molecule has 0 radical (unpaired) electrons. The van der Waals surface area contributed by atoms with E-state index in [4.69, 9.17) is 10.2 Å². The van der Waals surface area contributed by atoms with Gasteiger partial charge in [-0.1, -0.05) is 103 Å². The first kappa shape index (κ1) is 31.6. The van der Waals surface area contributed by atoms with Gasteiger partial charge in [0.2, 0.25) is 5.91 Å². The number of amides is 1. The molecule has 0 aliphatic carbocycles. The fourth-order valence-corrected chi connectivity index (χ4v) is 3.98. The number of aliphatic carboxylic acids is 3. The Labute approximate surface area is 204 Å². The van der Waals surface area contributed by atoms with Gasteiger partial charge in [-0.3, -0.25) is 9.59 Å². The van der Waals surface area contributed by atoms with Crippen molar-refractivity contribution in [3.63, 3.8) is 0 Å². The summed E-state index contributed by atoms with van der Waals surface area (Å²) in [7, 11) is 0. The zero-order valence-corrected chi connectivity index (χ0v) is 20.9. The van der Waals surface area contributed by atoms with Crippen LogP contribution < -0.4 is 0 Å². The predicted octanol–water partition coefficient (Wildman–Crippen LogP) is 5.65. The molecule has 34 heavy (non-hydrogen) atoms. The summed E-state index contributed by atoms with van der Waals surface area (Å²) in [5.41, 5.74) is 0. The summed E-state index contributed by atoms with van der Waals surface area (Å²) in [6.45, 7) is 2.31. The molecule has 196 valence electrons. The zero-order valence-electron chi connectivity index (χ0n) is 20.9. The minimum absolute atomic E-state index is 0.0749. The Balaban J connectivity index is 4.08. The molecule has 0 aliphatic heterocycles. The Morgan fingerprint density at radius 2 is 1.06 bits per heavy atom. The standard InChI is InChI=1S/C26H45NO7/c1-2-3-4-5-6-7-8-9-10-11-12-13-14-15-16-17-20-27(23(28)18-19-24(29)30)22(26(33)34)21-25(31)32/h18-19,22H,2-17,20-21H2,1H3,(H,29,30)(H,31,32)(H,33,34)/t22-/m0/s1.